The van der Waals surface area contributed by atoms with Crippen molar-refractivity contribution in [2.75, 3.05) is 44.3 Å². The Morgan fingerprint density at radius 2 is 1.81 bits per heavy atom. The van der Waals surface area contributed by atoms with Gasteiger partial charge in [-0.25, -0.2) is 0 Å². The number of fused-ring (bicyclic) bond motifs is 1. The molecule has 0 aliphatic carbocycles. The summed E-state index contributed by atoms with van der Waals surface area (Å²) < 4.78 is 11.2. The Kier molecular flexibility index (Phi) is 6.97. The Balaban J connectivity index is 0.00000131. The van der Waals surface area contributed by atoms with Crippen LogP contribution in [0.5, 0.6) is 0 Å². The van der Waals surface area contributed by atoms with Gasteiger partial charge in [-0.15, -0.1) is 24.8 Å². The zero-order valence-corrected chi connectivity index (χ0v) is 17.0. The van der Waals surface area contributed by atoms with Crippen molar-refractivity contribution in [3.05, 3.63) is 23.8 Å². The predicted molar refractivity (Wildman–Crippen MR) is 109 cm³/mol. The second-order valence-electron chi connectivity index (χ2n) is 7.02. The van der Waals surface area contributed by atoms with Gasteiger partial charge in [-0.2, -0.15) is 4.98 Å². The lowest BCUT2D eigenvalue weighted by Crippen LogP contribution is -2.61. The first-order chi connectivity index (χ1) is 12.0. The van der Waals surface area contributed by atoms with E-state index in [0.29, 0.717) is 58.2 Å². The van der Waals surface area contributed by atoms with Gasteiger partial charge in [0.15, 0.2) is 5.58 Å². The molecule has 2 fully saturated rings. The second kappa shape index (κ2) is 8.65. The van der Waals surface area contributed by atoms with E-state index in [1.165, 1.54) is 0 Å². The number of ether oxygens (including phenoxy) is 1. The zero-order valence-electron chi connectivity index (χ0n) is 15.3. The molecule has 1 aromatic heterocycles. The van der Waals surface area contributed by atoms with Crippen LogP contribution in [0, 0.1) is 6.92 Å². The lowest BCUT2D eigenvalue weighted by Gasteiger charge is -2.40. The maximum absolute atomic E-state index is 12.8. The van der Waals surface area contributed by atoms with Gasteiger partial charge in [-0.05, 0) is 37.5 Å². The molecule has 2 aliphatic heterocycles. The molecule has 4 rings (SSSR count). The molecule has 2 aliphatic rings. The average Bonchev–Trinajstić information content (AvgIpc) is 3.05. The van der Waals surface area contributed by atoms with Crippen molar-refractivity contribution in [2.24, 2.45) is 5.73 Å². The number of carbonyl (C=O) groups is 1. The second-order valence-corrected chi connectivity index (χ2v) is 7.02. The van der Waals surface area contributed by atoms with E-state index in [4.69, 9.17) is 14.9 Å². The number of benzene rings is 1. The minimum Gasteiger partial charge on any atom is -0.423 e. The lowest BCUT2D eigenvalue weighted by molar-refractivity contribution is -0.140. The average molecular weight is 417 g/mol. The Morgan fingerprint density at radius 1 is 1.15 bits per heavy atom. The van der Waals surface area contributed by atoms with E-state index in [-0.39, 0.29) is 30.7 Å². The van der Waals surface area contributed by atoms with E-state index >= 15 is 0 Å². The number of aryl methyl sites for hydroxylation is 1. The summed E-state index contributed by atoms with van der Waals surface area (Å²) in [6.45, 7) is 5.83. The first kappa shape index (κ1) is 21.8. The SMILES string of the molecule is Cc1ccc2oc(N3CCN(C(=O)C4(N)CCOCC4)CC3)nc2c1.Cl.Cl. The first-order valence-electron chi connectivity index (χ1n) is 8.83. The number of nitrogens with two attached hydrogens (primary N) is 1. The quantitative estimate of drug-likeness (QED) is 0.806. The summed E-state index contributed by atoms with van der Waals surface area (Å²) in [4.78, 5) is 21.3. The van der Waals surface area contributed by atoms with Gasteiger partial charge in [0.1, 0.15) is 5.52 Å². The molecule has 3 heterocycles. The molecule has 7 nitrogen and oxygen atoms in total. The molecular formula is C18H26Cl2N4O3. The molecule has 0 saturated carbocycles. The highest BCUT2D eigenvalue weighted by molar-refractivity contribution is 5.86. The van der Waals surface area contributed by atoms with Crippen molar-refractivity contribution in [1.82, 2.24) is 9.88 Å². The molecule has 27 heavy (non-hydrogen) atoms. The standard InChI is InChI=1S/C18H24N4O3.2ClH/c1-13-2-3-15-14(12-13)20-17(25-15)22-8-6-21(7-9-22)16(23)18(19)4-10-24-11-5-18;;/h2-3,12H,4-11,19H2,1H3;2*1H. The fraction of sp³-hybridized carbons (Fsp3) is 0.556. The van der Waals surface area contributed by atoms with Gasteiger partial charge in [-0.3, -0.25) is 4.79 Å². The summed E-state index contributed by atoms with van der Waals surface area (Å²) in [5.74, 6) is 0.0450. The van der Waals surface area contributed by atoms with Gasteiger partial charge in [0, 0.05) is 39.4 Å². The fourth-order valence-electron chi connectivity index (χ4n) is 3.53. The highest BCUT2D eigenvalue weighted by atomic mass is 35.5. The molecule has 1 amide bonds. The number of piperazine rings is 1. The van der Waals surface area contributed by atoms with Crippen LogP contribution in [0.25, 0.3) is 11.1 Å². The molecule has 2 saturated heterocycles. The molecule has 0 atom stereocenters. The van der Waals surface area contributed by atoms with E-state index < -0.39 is 5.54 Å². The molecule has 0 spiro atoms. The summed E-state index contributed by atoms with van der Waals surface area (Å²) in [5.41, 5.74) is 8.39. The van der Waals surface area contributed by atoms with Crippen molar-refractivity contribution in [3.8, 4) is 0 Å². The van der Waals surface area contributed by atoms with Crippen molar-refractivity contribution >= 4 is 47.8 Å². The fourth-order valence-corrected chi connectivity index (χ4v) is 3.53. The van der Waals surface area contributed by atoms with Gasteiger partial charge in [0.25, 0.3) is 6.01 Å². The van der Waals surface area contributed by atoms with Gasteiger partial charge < -0.3 is 24.7 Å². The van der Waals surface area contributed by atoms with Crippen LogP contribution in [-0.2, 0) is 9.53 Å². The van der Waals surface area contributed by atoms with Crippen molar-refractivity contribution < 1.29 is 13.9 Å². The summed E-state index contributed by atoms with van der Waals surface area (Å²) >= 11 is 0. The van der Waals surface area contributed by atoms with Crippen LogP contribution in [-0.4, -0.2) is 60.7 Å². The monoisotopic (exact) mass is 416 g/mol. The van der Waals surface area contributed by atoms with Gasteiger partial charge >= 0.3 is 0 Å². The van der Waals surface area contributed by atoms with Crippen LogP contribution in [0.2, 0.25) is 0 Å². The van der Waals surface area contributed by atoms with Gasteiger partial charge in [-0.1, -0.05) is 6.07 Å². The van der Waals surface area contributed by atoms with Crippen LogP contribution in [0.1, 0.15) is 18.4 Å². The molecule has 2 N–H and O–H groups in total. The van der Waals surface area contributed by atoms with Crippen molar-refractivity contribution in [2.45, 2.75) is 25.3 Å². The van der Waals surface area contributed by atoms with Gasteiger partial charge in [0.2, 0.25) is 5.91 Å². The molecule has 150 valence electrons. The Labute approximate surface area is 171 Å². The van der Waals surface area contributed by atoms with E-state index in [0.717, 1.165) is 16.7 Å². The maximum Gasteiger partial charge on any atom is 0.298 e. The van der Waals surface area contributed by atoms with Crippen LogP contribution in [0.15, 0.2) is 22.6 Å². The highest BCUT2D eigenvalue weighted by Crippen LogP contribution is 2.25. The molecule has 0 radical (unpaired) electrons. The number of anilines is 1. The smallest absolute Gasteiger partial charge is 0.298 e. The topological polar surface area (TPSA) is 84.8 Å². The Morgan fingerprint density at radius 3 is 2.48 bits per heavy atom. The summed E-state index contributed by atoms with van der Waals surface area (Å²) in [6, 6.07) is 6.61. The number of nitrogens with zero attached hydrogens (tertiary/aromatic N) is 3. The van der Waals surface area contributed by atoms with Crippen LogP contribution < -0.4 is 10.6 Å². The summed E-state index contributed by atoms with van der Waals surface area (Å²) in [5, 5.41) is 0. The van der Waals surface area contributed by atoms with E-state index in [1.54, 1.807) is 0 Å². The first-order valence-corrected chi connectivity index (χ1v) is 8.83. The Hall–Kier alpha value is -1.54. The number of hydrogen-bond acceptors (Lipinski definition) is 6. The number of rotatable bonds is 2. The molecule has 1 aromatic carbocycles. The van der Waals surface area contributed by atoms with E-state index in [1.807, 2.05) is 30.0 Å². The normalized spacial score (nSPS) is 19.3. The van der Waals surface area contributed by atoms with E-state index in [9.17, 15) is 4.79 Å². The number of oxazole rings is 1. The number of aromatic nitrogens is 1. The molecule has 2 aromatic rings. The number of hydrogen-bond donors (Lipinski definition) is 1. The molecule has 0 bridgehead atoms. The molecule has 9 heteroatoms. The Bertz CT molecular complexity index is 784. The van der Waals surface area contributed by atoms with Crippen molar-refractivity contribution in [1.29, 1.82) is 0 Å². The highest BCUT2D eigenvalue weighted by Gasteiger charge is 2.40. The maximum atomic E-state index is 12.8. The summed E-state index contributed by atoms with van der Waals surface area (Å²) in [6.07, 6.45) is 1.19. The van der Waals surface area contributed by atoms with E-state index in [2.05, 4.69) is 9.88 Å². The number of halogens is 2. The van der Waals surface area contributed by atoms with Crippen LogP contribution in [0.4, 0.5) is 6.01 Å². The van der Waals surface area contributed by atoms with Crippen molar-refractivity contribution in [3.63, 3.8) is 0 Å². The summed E-state index contributed by atoms with van der Waals surface area (Å²) in [7, 11) is 0. The largest absolute Gasteiger partial charge is 0.423 e. The zero-order chi connectivity index (χ0) is 17.4. The number of carbonyl (C=O) groups excluding carboxylic acids is 1. The molecular weight excluding hydrogens is 391 g/mol. The third-order valence-corrected chi connectivity index (χ3v) is 5.18. The lowest BCUT2D eigenvalue weighted by atomic mass is 9.89. The van der Waals surface area contributed by atoms with Crippen LogP contribution in [0.3, 0.4) is 0 Å². The van der Waals surface area contributed by atoms with Crippen LogP contribution >= 0.6 is 24.8 Å². The third kappa shape index (κ3) is 4.32. The predicted octanol–water partition coefficient (Wildman–Crippen LogP) is 2.14. The van der Waals surface area contributed by atoms with Gasteiger partial charge in [0.05, 0.1) is 5.54 Å². The minimum atomic E-state index is -0.768. The third-order valence-electron chi connectivity index (χ3n) is 5.18. The molecule has 0 unspecified atom stereocenters. The minimum absolute atomic E-state index is 0. The number of amides is 1.